The second-order valence-corrected chi connectivity index (χ2v) is 7.95. The monoisotopic (exact) mass is 403 g/mol. The topological polar surface area (TPSA) is 92.4 Å². The first kappa shape index (κ1) is 18.5. The average molecular weight is 403 g/mol. The molecule has 152 valence electrons. The van der Waals surface area contributed by atoms with Crippen LogP contribution in [0.5, 0.6) is 0 Å². The summed E-state index contributed by atoms with van der Waals surface area (Å²) in [5.41, 5.74) is 0.484. The van der Waals surface area contributed by atoms with Gasteiger partial charge in [-0.3, -0.25) is 14.6 Å². The van der Waals surface area contributed by atoms with Crippen LogP contribution in [0.25, 0.3) is 0 Å². The van der Waals surface area contributed by atoms with E-state index in [-0.39, 0.29) is 17.7 Å². The molecule has 0 spiro atoms. The summed E-state index contributed by atoms with van der Waals surface area (Å²) < 4.78 is 5.57. The van der Waals surface area contributed by atoms with E-state index in [1.165, 1.54) is 0 Å². The number of pyridine rings is 1. The van der Waals surface area contributed by atoms with Crippen LogP contribution in [-0.2, 0) is 5.41 Å². The predicted molar refractivity (Wildman–Crippen MR) is 107 cm³/mol. The third-order valence-electron chi connectivity index (χ3n) is 6.04. The lowest BCUT2D eigenvalue weighted by molar-refractivity contribution is 0.0724. The summed E-state index contributed by atoms with van der Waals surface area (Å²) in [5.74, 6) is 0.896. The minimum Gasteiger partial charge on any atom is -0.339 e. The van der Waals surface area contributed by atoms with E-state index in [1.807, 2.05) is 35.2 Å². The van der Waals surface area contributed by atoms with Gasteiger partial charge in [-0.1, -0.05) is 29.4 Å². The number of aryl methyl sites for hydroxylation is 1. The maximum Gasteiger partial charge on any atom is 0.272 e. The Hall–Kier alpha value is -3.55. The molecule has 0 aliphatic carbocycles. The van der Waals surface area contributed by atoms with Crippen LogP contribution < -0.4 is 0 Å². The molecule has 30 heavy (non-hydrogen) atoms. The van der Waals surface area contributed by atoms with Gasteiger partial charge >= 0.3 is 0 Å². The van der Waals surface area contributed by atoms with Gasteiger partial charge in [0.05, 0.1) is 5.41 Å². The van der Waals surface area contributed by atoms with Crippen molar-refractivity contribution in [2.45, 2.75) is 12.3 Å². The van der Waals surface area contributed by atoms with Crippen LogP contribution in [0.15, 0.2) is 59.3 Å². The van der Waals surface area contributed by atoms with Gasteiger partial charge in [-0.05, 0) is 31.2 Å². The molecule has 5 rings (SSSR count). The molecule has 2 atom stereocenters. The maximum absolute atomic E-state index is 13.1. The van der Waals surface area contributed by atoms with Gasteiger partial charge in [0, 0.05) is 43.9 Å². The summed E-state index contributed by atoms with van der Waals surface area (Å²) in [6.45, 7) is 3.65. The van der Waals surface area contributed by atoms with Crippen LogP contribution in [0.3, 0.4) is 0 Å². The third-order valence-corrected chi connectivity index (χ3v) is 6.04. The quantitative estimate of drug-likeness (QED) is 0.664. The first-order chi connectivity index (χ1) is 14.6. The Morgan fingerprint density at radius 2 is 1.70 bits per heavy atom. The van der Waals surface area contributed by atoms with E-state index in [2.05, 4.69) is 15.1 Å². The highest BCUT2D eigenvalue weighted by Gasteiger charge is 2.58. The van der Waals surface area contributed by atoms with Gasteiger partial charge in [0.1, 0.15) is 5.69 Å². The SMILES string of the molecule is Cc1noc([C@@]23CN(C(=O)c4ccccc4)C[C@@H]2CN(C(=O)c2ccccn2)C3)n1. The molecule has 8 nitrogen and oxygen atoms in total. The van der Waals surface area contributed by atoms with Gasteiger partial charge in [0.2, 0.25) is 5.89 Å². The van der Waals surface area contributed by atoms with Crippen LogP contribution in [0.1, 0.15) is 32.6 Å². The summed E-state index contributed by atoms with van der Waals surface area (Å²) in [5, 5.41) is 3.97. The molecule has 0 bridgehead atoms. The molecule has 2 saturated heterocycles. The molecule has 3 aromatic rings. The normalized spacial score (nSPS) is 22.9. The van der Waals surface area contributed by atoms with Gasteiger partial charge in [0.25, 0.3) is 11.8 Å². The molecule has 0 radical (unpaired) electrons. The van der Waals surface area contributed by atoms with Crippen LogP contribution in [0, 0.1) is 12.8 Å². The summed E-state index contributed by atoms with van der Waals surface area (Å²) in [6, 6.07) is 14.5. The Labute approximate surface area is 173 Å². The molecular weight excluding hydrogens is 382 g/mol. The number of hydrogen-bond acceptors (Lipinski definition) is 6. The molecule has 8 heteroatoms. The van der Waals surface area contributed by atoms with Crippen LogP contribution in [0.4, 0.5) is 0 Å². The van der Waals surface area contributed by atoms with E-state index < -0.39 is 5.41 Å². The van der Waals surface area contributed by atoms with Crippen molar-refractivity contribution in [3.63, 3.8) is 0 Å². The minimum atomic E-state index is -0.573. The van der Waals surface area contributed by atoms with Gasteiger partial charge in [0.15, 0.2) is 5.82 Å². The Morgan fingerprint density at radius 1 is 1.00 bits per heavy atom. The number of benzene rings is 1. The van der Waals surface area contributed by atoms with Gasteiger partial charge in [-0.15, -0.1) is 0 Å². The smallest absolute Gasteiger partial charge is 0.272 e. The molecule has 2 aliphatic heterocycles. The standard InChI is InChI=1S/C22H21N5O3/c1-15-24-21(30-25-15)22-13-26(19(28)16-7-3-2-4-8-16)11-17(22)12-27(14-22)20(29)18-9-5-6-10-23-18/h2-10,17H,11-14H2,1H3/t17-,22-/m1/s1. The fraction of sp³-hybridized carbons (Fsp3) is 0.318. The summed E-state index contributed by atoms with van der Waals surface area (Å²) in [4.78, 5) is 38.4. The molecule has 0 unspecified atom stereocenters. The lowest BCUT2D eigenvalue weighted by Crippen LogP contribution is -2.41. The zero-order valence-electron chi connectivity index (χ0n) is 16.6. The summed E-state index contributed by atoms with van der Waals surface area (Å²) in [6.07, 6.45) is 1.61. The van der Waals surface area contributed by atoms with E-state index in [4.69, 9.17) is 4.52 Å². The van der Waals surface area contributed by atoms with E-state index in [0.29, 0.717) is 49.2 Å². The highest BCUT2D eigenvalue weighted by Crippen LogP contribution is 2.45. The minimum absolute atomic E-state index is 0.0117. The Morgan fingerprint density at radius 3 is 2.33 bits per heavy atom. The molecule has 4 heterocycles. The lowest BCUT2D eigenvalue weighted by atomic mass is 9.81. The molecular formula is C22H21N5O3. The second-order valence-electron chi connectivity index (χ2n) is 7.95. The fourth-order valence-electron chi connectivity index (χ4n) is 4.59. The zero-order valence-corrected chi connectivity index (χ0v) is 16.6. The largest absolute Gasteiger partial charge is 0.339 e. The molecule has 2 fully saturated rings. The number of likely N-dealkylation sites (tertiary alicyclic amines) is 2. The van der Waals surface area contributed by atoms with Gasteiger partial charge in [-0.2, -0.15) is 4.98 Å². The van der Waals surface area contributed by atoms with E-state index in [1.54, 1.807) is 36.2 Å². The second kappa shape index (κ2) is 7.05. The first-order valence-electron chi connectivity index (χ1n) is 9.92. The van der Waals surface area contributed by atoms with Crippen molar-refractivity contribution in [1.29, 1.82) is 0 Å². The molecule has 2 amide bonds. The number of hydrogen-bond donors (Lipinski definition) is 0. The van der Waals surface area contributed by atoms with Gasteiger partial charge < -0.3 is 14.3 Å². The third kappa shape index (κ3) is 2.96. The number of carbonyl (C=O) groups excluding carboxylic acids is 2. The number of nitrogens with zero attached hydrogens (tertiary/aromatic N) is 5. The molecule has 0 saturated carbocycles. The molecule has 0 N–H and O–H groups in total. The van der Waals surface area contributed by atoms with E-state index in [0.717, 1.165) is 0 Å². The molecule has 1 aromatic carbocycles. The van der Waals surface area contributed by atoms with E-state index >= 15 is 0 Å². The van der Waals surface area contributed by atoms with Crippen LogP contribution in [0.2, 0.25) is 0 Å². The van der Waals surface area contributed by atoms with Crippen molar-refractivity contribution in [2.24, 2.45) is 5.92 Å². The number of carbonyl (C=O) groups is 2. The van der Waals surface area contributed by atoms with Crippen molar-refractivity contribution in [3.05, 3.63) is 77.7 Å². The van der Waals surface area contributed by atoms with Crippen molar-refractivity contribution in [1.82, 2.24) is 24.9 Å². The Bertz CT molecular complexity index is 1020. The predicted octanol–water partition coefficient (Wildman–Crippen LogP) is 1.94. The Balaban J connectivity index is 1.45. The van der Waals surface area contributed by atoms with Crippen LogP contribution in [-0.4, -0.2) is 62.9 Å². The Kier molecular flexibility index (Phi) is 4.34. The number of fused-ring (bicyclic) bond motifs is 1. The van der Waals surface area contributed by atoms with Gasteiger partial charge in [-0.25, -0.2) is 0 Å². The lowest BCUT2D eigenvalue weighted by Gasteiger charge is -2.26. The van der Waals surface area contributed by atoms with Crippen molar-refractivity contribution < 1.29 is 14.1 Å². The number of amides is 2. The van der Waals surface area contributed by atoms with Crippen molar-refractivity contribution in [3.8, 4) is 0 Å². The van der Waals surface area contributed by atoms with Crippen molar-refractivity contribution in [2.75, 3.05) is 26.2 Å². The maximum atomic E-state index is 13.1. The van der Waals surface area contributed by atoms with E-state index in [9.17, 15) is 9.59 Å². The summed E-state index contributed by atoms with van der Waals surface area (Å²) in [7, 11) is 0. The van der Waals surface area contributed by atoms with Crippen LogP contribution >= 0.6 is 0 Å². The number of aromatic nitrogens is 3. The molecule has 2 aromatic heterocycles. The summed E-state index contributed by atoms with van der Waals surface area (Å²) >= 11 is 0. The molecule has 2 aliphatic rings. The fourth-order valence-corrected chi connectivity index (χ4v) is 4.59. The van der Waals surface area contributed by atoms with Crippen molar-refractivity contribution >= 4 is 11.8 Å². The highest BCUT2D eigenvalue weighted by molar-refractivity contribution is 5.95. The first-order valence-corrected chi connectivity index (χ1v) is 9.92. The highest BCUT2D eigenvalue weighted by atomic mass is 16.5. The number of rotatable bonds is 3. The average Bonchev–Trinajstić information content (AvgIpc) is 3.46. The zero-order chi connectivity index (χ0) is 20.7.